The zero-order valence-corrected chi connectivity index (χ0v) is 24.6. The van der Waals surface area contributed by atoms with Gasteiger partial charge in [-0.25, -0.2) is 22.2 Å². The van der Waals surface area contributed by atoms with Crippen LogP contribution in [-0.4, -0.2) is 32.5 Å². The molecule has 0 unspecified atom stereocenters. The predicted molar refractivity (Wildman–Crippen MR) is 163 cm³/mol. The van der Waals surface area contributed by atoms with Crippen LogP contribution in [0.5, 0.6) is 0 Å². The molecule has 10 heteroatoms. The number of Topliss-reactive ketones (excluding diaryl/α,β-unsaturated/α-hetero) is 1. The first-order valence-corrected chi connectivity index (χ1v) is 15.3. The minimum Gasteiger partial charge on any atom is -0.455 e. The van der Waals surface area contributed by atoms with Crippen molar-refractivity contribution in [2.24, 2.45) is 0 Å². The highest BCUT2D eigenvalue weighted by molar-refractivity contribution is 7.92. The van der Waals surface area contributed by atoms with E-state index >= 15 is 0 Å². The summed E-state index contributed by atoms with van der Waals surface area (Å²) in [6.07, 6.45) is 1.28. The van der Waals surface area contributed by atoms with Gasteiger partial charge in [0.2, 0.25) is 15.9 Å². The minimum absolute atomic E-state index is 0.107. The molecular weight excluding hydrogens is 574 g/mol. The average Bonchev–Trinajstić information content (AvgIpc) is 3.58. The van der Waals surface area contributed by atoms with Crippen LogP contribution >= 0.6 is 0 Å². The van der Waals surface area contributed by atoms with Crippen LogP contribution in [0.2, 0.25) is 0 Å². The summed E-state index contributed by atoms with van der Waals surface area (Å²) in [6, 6.07) is 18.9. The summed E-state index contributed by atoms with van der Waals surface area (Å²) >= 11 is 0. The zero-order chi connectivity index (χ0) is 30.6. The summed E-state index contributed by atoms with van der Waals surface area (Å²) in [5.74, 6) is -0.646. The maximum atomic E-state index is 14.4. The van der Waals surface area contributed by atoms with Crippen molar-refractivity contribution in [1.82, 2.24) is 4.98 Å². The van der Waals surface area contributed by atoms with Crippen LogP contribution in [0.1, 0.15) is 29.3 Å². The molecule has 2 heterocycles. The Kier molecular flexibility index (Phi) is 6.89. The fourth-order valence-electron chi connectivity index (χ4n) is 5.11. The standard InChI is InChI=1S/C33H26F2N2O5S/c1-5-27(38)30-24-16-23(20-10-9-18(2)22(15-20)33-36-31-25(35)7-6-8-28(31)42-33)26(37(3)43(4,39)40)17-29(24)41-32(30)19-11-13-21(34)14-12-19/h6-17H,5H2,1-4H3. The SMILES string of the molecule is CCC(=O)c1c(-c2ccc(F)cc2)oc2cc(N(C)S(C)(=O)=O)c(-c3ccc(C)c(-c4nc5c(F)cccc5o4)c3)cc12. The number of carbonyl (C=O) groups excluding carboxylic acids is 1. The molecule has 0 radical (unpaired) electrons. The van der Waals surface area contributed by atoms with Gasteiger partial charge in [-0.15, -0.1) is 0 Å². The van der Waals surface area contributed by atoms with Crippen molar-refractivity contribution in [3.05, 3.63) is 95.6 Å². The lowest BCUT2D eigenvalue weighted by Crippen LogP contribution is -2.25. The molecule has 6 rings (SSSR count). The van der Waals surface area contributed by atoms with Crippen molar-refractivity contribution >= 4 is 43.6 Å². The van der Waals surface area contributed by atoms with Crippen molar-refractivity contribution in [2.45, 2.75) is 20.3 Å². The molecule has 0 N–H and O–H groups in total. The number of sulfonamides is 1. The summed E-state index contributed by atoms with van der Waals surface area (Å²) in [6.45, 7) is 3.60. The molecule has 0 saturated heterocycles. The number of anilines is 1. The van der Waals surface area contributed by atoms with Crippen molar-refractivity contribution in [3.63, 3.8) is 0 Å². The Morgan fingerprint density at radius 1 is 0.907 bits per heavy atom. The Bertz CT molecular complexity index is 2170. The molecule has 0 saturated carbocycles. The zero-order valence-electron chi connectivity index (χ0n) is 23.7. The summed E-state index contributed by atoms with van der Waals surface area (Å²) in [4.78, 5) is 17.7. The molecule has 4 aromatic carbocycles. The van der Waals surface area contributed by atoms with Gasteiger partial charge in [-0.2, -0.15) is 0 Å². The van der Waals surface area contributed by atoms with Gasteiger partial charge < -0.3 is 8.83 Å². The van der Waals surface area contributed by atoms with Gasteiger partial charge in [0.15, 0.2) is 17.2 Å². The van der Waals surface area contributed by atoms with Gasteiger partial charge in [-0.3, -0.25) is 9.10 Å². The van der Waals surface area contributed by atoms with Gasteiger partial charge in [0.25, 0.3) is 0 Å². The van der Waals surface area contributed by atoms with Gasteiger partial charge in [-0.1, -0.05) is 25.1 Å². The maximum absolute atomic E-state index is 14.4. The van der Waals surface area contributed by atoms with E-state index in [0.717, 1.165) is 16.1 Å². The van der Waals surface area contributed by atoms with E-state index in [0.29, 0.717) is 50.1 Å². The second-order valence-electron chi connectivity index (χ2n) is 10.3. The van der Waals surface area contributed by atoms with Crippen molar-refractivity contribution in [2.75, 3.05) is 17.6 Å². The number of furan rings is 1. The number of carbonyl (C=O) groups is 1. The Balaban J connectivity index is 1.63. The molecule has 43 heavy (non-hydrogen) atoms. The molecule has 0 aliphatic carbocycles. The number of para-hydroxylation sites is 1. The third-order valence-corrected chi connectivity index (χ3v) is 8.69. The van der Waals surface area contributed by atoms with E-state index in [9.17, 15) is 22.0 Å². The number of benzene rings is 4. The summed E-state index contributed by atoms with van der Waals surface area (Å²) in [5, 5.41) is 0.484. The number of rotatable bonds is 7. The minimum atomic E-state index is -3.72. The first kappa shape index (κ1) is 28.3. The molecule has 0 aliphatic heterocycles. The number of nitrogens with zero attached hydrogens (tertiary/aromatic N) is 2. The number of ketones is 1. The Morgan fingerprint density at radius 2 is 1.63 bits per heavy atom. The summed E-state index contributed by atoms with van der Waals surface area (Å²) in [5.41, 5.74) is 4.34. The van der Waals surface area contributed by atoms with Crippen LogP contribution in [0.15, 0.2) is 81.6 Å². The Morgan fingerprint density at radius 3 is 2.30 bits per heavy atom. The van der Waals surface area contributed by atoms with Crippen LogP contribution in [0.3, 0.4) is 0 Å². The highest BCUT2D eigenvalue weighted by atomic mass is 32.2. The molecule has 7 nitrogen and oxygen atoms in total. The van der Waals surface area contributed by atoms with E-state index in [1.54, 1.807) is 37.3 Å². The lowest BCUT2D eigenvalue weighted by molar-refractivity contribution is 0.0989. The van der Waals surface area contributed by atoms with Gasteiger partial charge in [-0.05, 0) is 66.6 Å². The predicted octanol–water partition coefficient (Wildman–Crippen LogP) is 8.15. The van der Waals surface area contributed by atoms with E-state index in [1.807, 2.05) is 19.1 Å². The number of hydrogen-bond acceptors (Lipinski definition) is 6. The Hall–Kier alpha value is -4.83. The number of aryl methyl sites for hydroxylation is 1. The summed E-state index contributed by atoms with van der Waals surface area (Å²) in [7, 11) is -2.29. The molecule has 0 aliphatic rings. The van der Waals surface area contributed by atoms with E-state index in [2.05, 4.69) is 4.98 Å². The number of fused-ring (bicyclic) bond motifs is 2. The first-order chi connectivity index (χ1) is 20.5. The Labute approximate surface area is 246 Å². The number of oxazole rings is 1. The molecule has 0 fully saturated rings. The van der Waals surface area contributed by atoms with Gasteiger partial charge in [0.1, 0.15) is 22.7 Å². The fraction of sp³-hybridized carbons (Fsp3) is 0.152. The third-order valence-electron chi connectivity index (χ3n) is 7.50. The second kappa shape index (κ2) is 10.5. The van der Waals surface area contributed by atoms with Crippen LogP contribution in [0.4, 0.5) is 14.5 Å². The number of hydrogen-bond donors (Lipinski definition) is 0. The number of halogens is 2. The number of aromatic nitrogens is 1. The molecular formula is C33H26F2N2O5S. The van der Waals surface area contributed by atoms with Crippen molar-refractivity contribution < 1.29 is 30.8 Å². The molecule has 0 spiro atoms. The topological polar surface area (TPSA) is 93.6 Å². The fourth-order valence-corrected chi connectivity index (χ4v) is 5.62. The van der Waals surface area contributed by atoms with E-state index < -0.39 is 21.7 Å². The van der Waals surface area contributed by atoms with E-state index in [4.69, 9.17) is 8.83 Å². The monoisotopic (exact) mass is 600 g/mol. The molecule has 6 aromatic rings. The van der Waals surface area contributed by atoms with E-state index in [-0.39, 0.29) is 29.4 Å². The van der Waals surface area contributed by atoms with Crippen LogP contribution in [-0.2, 0) is 10.0 Å². The highest BCUT2D eigenvalue weighted by Crippen LogP contribution is 2.43. The summed E-state index contributed by atoms with van der Waals surface area (Å²) < 4.78 is 66.8. The second-order valence-corrected chi connectivity index (χ2v) is 12.3. The molecule has 218 valence electrons. The van der Waals surface area contributed by atoms with Crippen molar-refractivity contribution in [1.29, 1.82) is 0 Å². The molecule has 0 bridgehead atoms. The average molecular weight is 601 g/mol. The lowest BCUT2D eigenvalue weighted by Gasteiger charge is -2.21. The van der Waals surface area contributed by atoms with Crippen LogP contribution in [0, 0.1) is 18.6 Å². The van der Waals surface area contributed by atoms with E-state index in [1.165, 1.54) is 37.4 Å². The van der Waals surface area contributed by atoms with Crippen molar-refractivity contribution in [3.8, 4) is 33.9 Å². The highest BCUT2D eigenvalue weighted by Gasteiger charge is 2.26. The van der Waals surface area contributed by atoms with Crippen LogP contribution < -0.4 is 4.31 Å². The third kappa shape index (κ3) is 4.97. The quantitative estimate of drug-likeness (QED) is 0.172. The lowest BCUT2D eigenvalue weighted by atomic mass is 9.94. The molecule has 0 atom stereocenters. The largest absolute Gasteiger partial charge is 0.455 e. The molecule has 2 aromatic heterocycles. The van der Waals surface area contributed by atoms with Gasteiger partial charge in [0.05, 0.1) is 17.5 Å². The van der Waals surface area contributed by atoms with Crippen LogP contribution in [0.25, 0.3) is 56.0 Å². The smallest absolute Gasteiger partial charge is 0.232 e. The van der Waals surface area contributed by atoms with Gasteiger partial charge in [0, 0.05) is 41.6 Å². The van der Waals surface area contributed by atoms with Gasteiger partial charge >= 0.3 is 0 Å². The normalized spacial score (nSPS) is 11.9. The maximum Gasteiger partial charge on any atom is 0.232 e. The first-order valence-electron chi connectivity index (χ1n) is 13.5. The molecule has 0 amide bonds.